The molecule has 2 fully saturated rings. The van der Waals surface area contributed by atoms with Crippen molar-refractivity contribution in [3.8, 4) is 17.2 Å². The number of nitrogens with zero attached hydrogens (tertiary/aromatic N) is 2. The summed E-state index contributed by atoms with van der Waals surface area (Å²) < 4.78 is 17.5. The van der Waals surface area contributed by atoms with E-state index in [1.165, 1.54) is 5.56 Å². The molecule has 4 rings (SSSR count). The van der Waals surface area contributed by atoms with Gasteiger partial charge >= 0.3 is 0 Å². The summed E-state index contributed by atoms with van der Waals surface area (Å²) in [7, 11) is 0. The summed E-state index contributed by atoms with van der Waals surface area (Å²) in [5.41, 5.74) is 2.02. The minimum atomic E-state index is -0.455. The number of imide groups is 1. The molecular formula is C30H36N2O6S. The highest BCUT2D eigenvalue weighted by atomic mass is 32.2. The molecule has 0 unspecified atom stereocenters. The van der Waals surface area contributed by atoms with Crippen molar-refractivity contribution in [1.29, 1.82) is 0 Å². The van der Waals surface area contributed by atoms with Crippen LogP contribution in [-0.4, -0.2) is 66.3 Å². The van der Waals surface area contributed by atoms with Crippen LogP contribution in [-0.2, 0) is 15.0 Å². The molecular weight excluding hydrogens is 516 g/mol. The summed E-state index contributed by atoms with van der Waals surface area (Å²) in [4.78, 5) is 40.8. The molecule has 208 valence electrons. The Morgan fingerprint density at radius 1 is 0.949 bits per heavy atom. The Balaban J connectivity index is 1.35. The average molecular weight is 553 g/mol. The van der Waals surface area contributed by atoms with Gasteiger partial charge in [0.05, 0.1) is 11.5 Å². The monoisotopic (exact) mass is 552 g/mol. The topological polar surface area (TPSA) is 85.4 Å². The van der Waals surface area contributed by atoms with Crippen molar-refractivity contribution in [3.63, 3.8) is 0 Å². The summed E-state index contributed by atoms with van der Waals surface area (Å²) in [6, 6.07) is 13.4. The third kappa shape index (κ3) is 7.35. The number of likely N-dealkylation sites (tertiary alicyclic amines) is 1. The maximum atomic E-state index is 12.9. The largest absolute Gasteiger partial charge is 0.490 e. The van der Waals surface area contributed by atoms with E-state index < -0.39 is 11.1 Å². The average Bonchev–Trinajstić information content (AvgIpc) is 3.53. The summed E-state index contributed by atoms with van der Waals surface area (Å²) in [6.45, 7) is 10.7. The summed E-state index contributed by atoms with van der Waals surface area (Å²) in [5.74, 6) is 1.22. The second kappa shape index (κ2) is 12.6. The third-order valence-corrected chi connectivity index (χ3v) is 7.43. The van der Waals surface area contributed by atoms with E-state index in [1.54, 1.807) is 29.2 Å². The minimum absolute atomic E-state index is 0.0877. The van der Waals surface area contributed by atoms with Crippen LogP contribution in [0.2, 0.25) is 0 Å². The van der Waals surface area contributed by atoms with Crippen molar-refractivity contribution >= 4 is 34.9 Å². The first-order chi connectivity index (χ1) is 18.7. The Morgan fingerprint density at radius 2 is 1.64 bits per heavy atom. The van der Waals surface area contributed by atoms with Gasteiger partial charge in [0, 0.05) is 13.1 Å². The Bertz CT molecular complexity index is 1230. The number of hydrogen-bond acceptors (Lipinski definition) is 7. The van der Waals surface area contributed by atoms with Crippen molar-refractivity contribution in [3.05, 3.63) is 58.5 Å². The third-order valence-electron chi connectivity index (χ3n) is 6.52. The zero-order chi connectivity index (χ0) is 28.0. The molecule has 0 N–H and O–H groups in total. The SMILES string of the molecule is CCOc1cc(/C=C2\SC(=O)N(CC(=O)N3CCCC3)C2=O)ccc1OCCOc1ccc(C(C)(C)C)cc1. The predicted molar refractivity (Wildman–Crippen MR) is 152 cm³/mol. The second-order valence-corrected chi connectivity index (χ2v) is 11.5. The van der Waals surface area contributed by atoms with E-state index in [2.05, 4.69) is 32.9 Å². The molecule has 2 aromatic carbocycles. The highest BCUT2D eigenvalue weighted by Crippen LogP contribution is 2.35. The highest BCUT2D eigenvalue weighted by molar-refractivity contribution is 8.18. The van der Waals surface area contributed by atoms with E-state index in [4.69, 9.17) is 14.2 Å². The number of hydrogen-bond donors (Lipinski definition) is 0. The van der Waals surface area contributed by atoms with Crippen molar-refractivity contribution in [2.24, 2.45) is 0 Å². The van der Waals surface area contributed by atoms with Crippen molar-refractivity contribution in [2.45, 2.75) is 46.0 Å². The van der Waals surface area contributed by atoms with Crippen LogP contribution in [0.25, 0.3) is 6.08 Å². The van der Waals surface area contributed by atoms with Gasteiger partial charge in [-0.1, -0.05) is 39.0 Å². The van der Waals surface area contributed by atoms with E-state index in [0.29, 0.717) is 50.0 Å². The number of thioether (sulfide) groups is 1. The van der Waals surface area contributed by atoms with Crippen molar-refractivity contribution < 1.29 is 28.6 Å². The normalized spacial score (nSPS) is 16.8. The van der Waals surface area contributed by atoms with E-state index in [9.17, 15) is 14.4 Å². The molecule has 2 aromatic rings. The fraction of sp³-hybridized carbons (Fsp3) is 0.433. The van der Waals surface area contributed by atoms with Crippen LogP contribution in [0, 0.1) is 0 Å². The Labute approximate surface area is 234 Å². The fourth-order valence-corrected chi connectivity index (χ4v) is 5.19. The smallest absolute Gasteiger partial charge is 0.294 e. The predicted octanol–water partition coefficient (Wildman–Crippen LogP) is 5.50. The molecule has 9 heteroatoms. The first-order valence-electron chi connectivity index (χ1n) is 13.3. The van der Waals surface area contributed by atoms with Gasteiger partial charge in [0.15, 0.2) is 11.5 Å². The molecule has 2 saturated heterocycles. The van der Waals surface area contributed by atoms with Gasteiger partial charge in [-0.05, 0) is 78.4 Å². The van der Waals surface area contributed by atoms with Crippen LogP contribution in [0.1, 0.15) is 51.7 Å². The number of ether oxygens (including phenoxy) is 3. The van der Waals surface area contributed by atoms with Crippen LogP contribution in [0.3, 0.4) is 0 Å². The molecule has 2 aliphatic heterocycles. The van der Waals surface area contributed by atoms with Gasteiger partial charge in [0.1, 0.15) is 25.5 Å². The molecule has 0 aromatic heterocycles. The number of carbonyl (C=O) groups excluding carboxylic acids is 3. The van der Waals surface area contributed by atoms with Gasteiger partial charge in [0.25, 0.3) is 11.1 Å². The molecule has 3 amide bonds. The lowest BCUT2D eigenvalue weighted by atomic mass is 9.87. The Morgan fingerprint density at radius 3 is 2.31 bits per heavy atom. The minimum Gasteiger partial charge on any atom is -0.490 e. The molecule has 2 aliphatic rings. The van der Waals surface area contributed by atoms with Crippen LogP contribution in [0.4, 0.5) is 4.79 Å². The van der Waals surface area contributed by atoms with Gasteiger partial charge in [-0.3, -0.25) is 19.3 Å². The first-order valence-corrected chi connectivity index (χ1v) is 14.1. The van der Waals surface area contributed by atoms with Crippen LogP contribution in [0.5, 0.6) is 17.2 Å². The lowest BCUT2D eigenvalue weighted by Gasteiger charge is -2.19. The van der Waals surface area contributed by atoms with E-state index in [0.717, 1.165) is 35.3 Å². The van der Waals surface area contributed by atoms with E-state index >= 15 is 0 Å². The van der Waals surface area contributed by atoms with E-state index in [1.807, 2.05) is 19.1 Å². The lowest BCUT2D eigenvalue weighted by molar-refractivity contribution is -0.135. The van der Waals surface area contributed by atoms with Crippen molar-refractivity contribution in [2.75, 3.05) is 39.5 Å². The summed E-state index contributed by atoms with van der Waals surface area (Å²) >= 11 is 0.841. The zero-order valence-corrected chi connectivity index (χ0v) is 23.8. The van der Waals surface area contributed by atoms with Crippen molar-refractivity contribution in [1.82, 2.24) is 9.80 Å². The molecule has 0 saturated carbocycles. The van der Waals surface area contributed by atoms with Gasteiger partial charge in [-0.25, -0.2) is 0 Å². The maximum absolute atomic E-state index is 12.9. The maximum Gasteiger partial charge on any atom is 0.294 e. The Kier molecular flexibility index (Phi) is 9.22. The zero-order valence-electron chi connectivity index (χ0n) is 23.0. The van der Waals surface area contributed by atoms with Gasteiger partial charge in [0.2, 0.25) is 5.91 Å². The lowest BCUT2D eigenvalue weighted by Crippen LogP contribution is -2.40. The molecule has 0 bridgehead atoms. The molecule has 2 heterocycles. The first kappa shape index (κ1) is 28.5. The standard InChI is InChI=1S/C30H36N2O6S/c1-5-36-25-18-21(19-26-28(34)32(29(35)39-26)20-27(33)31-14-6-7-15-31)8-13-24(25)38-17-16-37-23-11-9-22(10-12-23)30(2,3)4/h8-13,18-19H,5-7,14-17,20H2,1-4H3/b26-19-. The molecule has 39 heavy (non-hydrogen) atoms. The summed E-state index contributed by atoms with van der Waals surface area (Å²) in [5, 5.41) is -0.433. The Hall–Kier alpha value is -3.46. The molecule has 0 radical (unpaired) electrons. The summed E-state index contributed by atoms with van der Waals surface area (Å²) in [6.07, 6.45) is 3.55. The molecule has 0 aliphatic carbocycles. The number of carbonyl (C=O) groups is 3. The van der Waals surface area contributed by atoms with Gasteiger partial charge in [-0.2, -0.15) is 0 Å². The van der Waals surface area contributed by atoms with Gasteiger partial charge < -0.3 is 19.1 Å². The molecule has 0 spiro atoms. The quantitative estimate of drug-likeness (QED) is 0.284. The van der Waals surface area contributed by atoms with Crippen LogP contribution >= 0.6 is 11.8 Å². The number of rotatable bonds is 10. The van der Waals surface area contributed by atoms with E-state index in [-0.39, 0.29) is 22.8 Å². The van der Waals surface area contributed by atoms with Crippen LogP contribution < -0.4 is 14.2 Å². The number of benzene rings is 2. The second-order valence-electron chi connectivity index (χ2n) is 10.5. The number of amides is 3. The van der Waals surface area contributed by atoms with Crippen LogP contribution in [0.15, 0.2) is 47.4 Å². The fourth-order valence-electron chi connectivity index (χ4n) is 4.35. The molecule has 0 atom stereocenters. The van der Waals surface area contributed by atoms with Gasteiger partial charge in [-0.15, -0.1) is 0 Å². The molecule has 8 nitrogen and oxygen atoms in total. The highest BCUT2D eigenvalue weighted by Gasteiger charge is 2.37.